The molecular formula is C29H42N6O6. The molecule has 3 heterocycles. The third-order valence-corrected chi connectivity index (χ3v) is 11.0. The van der Waals surface area contributed by atoms with Crippen LogP contribution in [0.25, 0.3) is 0 Å². The van der Waals surface area contributed by atoms with Crippen LogP contribution in [0.1, 0.15) is 77.6 Å². The maximum absolute atomic E-state index is 13.6. The van der Waals surface area contributed by atoms with Crippen LogP contribution in [0.2, 0.25) is 0 Å². The van der Waals surface area contributed by atoms with E-state index in [1.165, 1.54) is 14.7 Å². The number of amides is 7. The summed E-state index contributed by atoms with van der Waals surface area (Å²) in [6, 6.07) is -1.21. The average molecular weight is 571 g/mol. The molecule has 0 bridgehead atoms. The van der Waals surface area contributed by atoms with Gasteiger partial charge >= 0.3 is 12.1 Å². The molecule has 0 aromatic heterocycles. The van der Waals surface area contributed by atoms with Crippen molar-refractivity contribution in [2.45, 2.75) is 89.1 Å². The van der Waals surface area contributed by atoms with Gasteiger partial charge in [0.05, 0.1) is 13.2 Å². The summed E-state index contributed by atoms with van der Waals surface area (Å²) in [7, 11) is 1.56. The van der Waals surface area contributed by atoms with Gasteiger partial charge in [0.2, 0.25) is 0 Å². The van der Waals surface area contributed by atoms with Gasteiger partial charge in [-0.3, -0.25) is 29.1 Å². The molecule has 6 aliphatic rings. The lowest BCUT2D eigenvalue weighted by Gasteiger charge is -2.60. The number of barbiturate groups is 1. The summed E-state index contributed by atoms with van der Waals surface area (Å²) >= 11 is 0. The summed E-state index contributed by atoms with van der Waals surface area (Å²) in [4.78, 5) is 72.2. The van der Waals surface area contributed by atoms with E-state index in [1.807, 2.05) is 0 Å². The molecule has 224 valence electrons. The molecule has 0 atom stereocenters. The number of ether oxygens (including phenoxy) is 1. The van der Waals surface area contributed by atoms with Gasteiger partial charge in [-0.05, 0) is 69.1 Å². The number of hydrogen-bond acceptors (Lipinski definition) is 8. The smallest absolute Gasteiger partial charge is 0.334 e. The van der Waals surface area contributed by atoms with E-state index < -0.39 is 23.4 Å². The Bertz CT molecular complexity index is 1190. The topological polar surface area (TPSA) is 160 Å². The first kappa shape index (κ1) is 28.0. The Balaban J connectivity index is 1.17. The molecule has 6 rings (SSSR count). The van der Waals surface area contributed by atoms with Gasteiger partial charge in [-0.25, -0.2) is 9.59 Å². The lowest BCUT2D eigenvalue weighted by atomic mass is 9.51. The number of urea groups is 2. The minimum atomic E-state index is -0.832. The predicted octanol–water partition coefficient (Wildman–Crippen LogP) is 1.88. The number of rotatable bonds is 6. The van der Waals surface area contributed by atoms with Crippen molar-refractivity contribution in [1.82, 2.24) is 19.6 Å². The van der Waals surface area contributed by atoms with Crippen molar-refractivity contribution >= 4 is 29.8 Å². The van der Waals surface area contributed by atoms with Crippen molar-refractivity contribution < 1.29 is 28.7 Å². The maximum atomic E-state index is 13.6. The highest BCUT2D eigenvalue weighted by molar-refractivity contribution is 6.29. The molecule has 12 heteroatoms. The molecule has 3 saturated carbocycles. The van der Waals surface area contributed by atoms with Crippen molar-refractivity contribution in [3.05, 3.63) is 11.4 Å². The van der Waals surface area contributed by atoms with Crippen LogP contribution in [0.4, 0.5) is 9.59 Å². The van der Waals surface area contributed by atoms with Crippen LogP contribution in [-0.2, 0) is 19.1 Å². The maximum Gasteiger partial charge on any atom is 0.334 e. The molecule has 3 aliphatic heterocycles. The minimum Gasteiger partial charge on any atom is -0.385 e. The van der Waals surface area contributed by atoms with E-state index in [9.17, 15) is 24.0 Å². The Morgan fingerprint density at radius 3 is 2.10 bits per heavy atom. The number of carbonyl (C=O) groups is 5. The first-order valence-electron chi connectivity index (χ1n) is 15.1. The average Bonchev–Trinajstić information content (AvgIpc) is 3.47. The highest BCUT2D eigenvalue weighted by Gasteiger charge is 2.69. The van der Waals surface area contributed by atoms with Gasteiger partial charge in [-0.15, -0.1) is 0 Å². The summed E-state index contributed by atoms with van der Waals surface area (Å²) in [5, 5.41) is 0. The van der Waals surface area contributed by atoms with Crippen molar-refractivity contribution in [1.29, 1.82) is 0 Å². The van der Waals surface area contributed by atoms with Crippen LogP contribution in [0, 0.1) is 16.7 Å². The van der Waals surface area contributed by atoms with Gasteiger partial charge in [-0.1, -0.05) is 19.8 Å². The van der Waals surface area contributed by atoms with E-state index in [1.54, 1.807) is 11.9 Å². The van der Waals surface area contributed by atoms with E-state index in [4.69, 9.17) is 16.2 Å². The molecule has 3 aliphatic carbocycles. The Labute approximate surface area is 240 Å². The van der Waals surface area contributed by atoms with E-state index in [0.29, 0.717) is 58.3 Å². The molecule has 3 saturated heterocycles. The molecule has 2 spiro atoms. The Morgan fingerprint density at radius 2 is 1.56 bits per heavy atom. The third-order valence-electron chi connectivity index (χ3n) is 11.0. The minimum absolute atomic E-state index is 0.110. The number of imide groups is 3. The number of nitrogens with zero attached hydrogens (tertiary/aromatic N) is 4. The fourth-order valence-electron chi connectivity index (χ4n) is 8.42. The summed E-state index contributed by atoms with van der Waals surface area (Å²) in [6.45, 7) is 4.05. The Hall–Kier alpha value is -3.15. The van der Waals surface area contributed by atoms with E-state index in [2.05, 4.69) is 6.92 Å². The second-order valence-electron chi connectivity index (χ2n) is 13.5. The number of likely N-dealkylation sites (N-methyl/N-ethyl adjacent to an activating group) is 1. The zero-order valence-corrected chi connectivity index (χ0v) is 24.2. The highest BCUT2D eigenvalue weighted by atomic mass is 16.5. The second kappa shape index (κ2) is 9.71. The van der Waals surface area contributed by atoms with Crippen molar-refractivity contribution in [2.75, 3.05) is 33.4 Å². The van der Waals surface area contributed by atoms with Gasteiger partial charge < -0.3 is 21.1 Å². The van der Waals surface area contributed by atoms with Gasteiger partial charge in [-0.2, -0.15) is 0 Å². The van der Waals surface area contributed by atoms with Crippen LogP contribution < -0.4 is 11.5 Å². The lowest BCUT2D eigenvalue weighted by Crippen LogP contribution is -2.67. The first-order chi connectivity index (χ1) is 19.5. The summed E-state index contributed by atoms with van der Waals surface area (Å²) in [6.07, 6.45) is 8.58. The highest BCUT2D eigenvalue weighted by Crippen LogP contribution is 2.62. The molecule has 0 aromatic carbocycles. The molecule has 41 heavy (non-hydrogen) atoms. The molecule has 7 amide bonds. The van der Waals surface area contributed by atoms with Crippen molar-refractivity contribution in [3.63, 3.8) is 0 Å². The van der Waals surface area contributed by atoms with E-state index >= 15 is 0 Å². The van der Waals surface area contributed by atoms with E-state index in [-0.39, 0.29) is 52.7 Å². The van der Waals surface area contributed by atoms with Gasteiger partial charge in [0.1, 0.15) is 16.9 Å². The standard InChI is InChI=1S/C29H42N6O6/c1-3-27(16-41-17-27)15-34-25(39)32(2)24(38)29(34)13-28(14-29)10-8-19(9-11-28)35-23(37)20(21(30)31)22(36)33(26(35)40)12-18-6-4-5-7-18/h18-19H,3-17,30-31H2,1-2H3. The molecule has 0 aromatic rings. The summed E-state index contributed by atoms with van der Waals surface area (Å²) in [5.41, 5.74) is 10.2. The van der Waals surface area contributed by atoms with Gasteiger partial charge in [0, 0.05) is 31.6 Å². The van der Waals surface area contributed by atoms with Gasteiger partial charge in [0.15, 0.2) is 0 Å². The second-order valence-corrected chi connectivity index (χ2v) is 13.5. The van der Waals surface area contributed by atoms with Crippen LogP contribution in [-0.4, -0.2) is 94.3 Å². The van der Waals surface area contributed by atoms with Crippen molar-refractivity contribution in [3.8, 4) is 0 Å². The number of carbonyl (C=O) groups excluding carboxylic acids is 5. The molecular weight excluding hydrogens is 528 g/mol. The number of nitrogens with two attached hydrogens (primary N) is 2. The van der Waals surface area contributed by atoms with Crippen LogP contribution in [0.3, 0.4) is 0 Å². The quantitative estimate of drug-likeness (QED) is 0.278. The Kier molecular flexibility index (Phi) is 6.63. The normalized spacial score (nSPS) is 33.9. The van der Waals surface area contributed by atoms with Crippen LogP contribution >= 0.6 is 0 Å². The van der Waals surface area contributed by atoms with Crippen molar-refractivity contribution in [2.24, 2.45) is 28.2 Å². The van der Waals surface area contributed by atoms with E-state index in [0.717, 1.165) is 32.1 Å². The monoisotopic (exact) mass is 570 g/mol. The molecule has 12 nitrogen and oxygen atoms in total. The molecule has 0 unspecified atom stereocenters. The van der Waals surface area contributed by atoms with Crippen LogP contribution in [0.15, 0.2) is 11.4 Å². The zero-order chi connectivity index (χ0) is 29.3. The summed E-state index contributed by atoms with van der Waals surface area (Å²) < 4.78 is 5.48. The fourth-order valence-corrected chi connectivity index (χ4v) is 8.42. The largest absolute Gasteiger partial charge is 0.385 e. The third kappa shape index (κ3) is 4.15. The lowest BCUT2D eigenvalue weighted by molar-refractivity contribution is -0.163. The fraction of sp³-hybridized carbons (Fsp3) is 0.759. The predicted molar refractivity (Wildman–Crippen MR) is 146 cm³/mol. The Morgan fingerprint density at radius 1 is 0.927 bits per heavy atom. The zero-order valence-electron chi connectivity index (χ0n) is 24.2. The first-order valence-corrected chi connectivity index (χ1v) is 15.1. The molecule has 6 fully saturated rings. The molecule has 4 N–H and O–H groups in total. The summed E-state index contributed by atoms with van der Waals surface area (Å²) in [5.74, 6) is -1.71. The van der Waals surface area contributed by atoms with Gasteiger partial charge in [0.25, 0.3) is 17.7 Å². The molecule has 0 radical (unpaired) electrons. The van der Waals surface area contributed by atoms with Crippen LogP contribution in [0.5, 0.6) is 0 Å². The number of hydrogen-bond donors (Lipinski definition) is 2. The SMILES string of the molecule is CCC1(CN2C(=O)N(C)C(=O)C23CC2(CCC(N4C(=O)C(=C(N)N)C(=O)N(CC5CCCC5)C4=O)CC2)C3)COC1.